The molecule has 1 N–H and O–H groups in total. The van der Waals surface area contributed by atoms with Gasteiger partial charge in [-0.15, -0.1) is 21.5 Å². The molecule has 3 heterocycles. The fourth-order valence-electron chi connectivity index (χ4n) is 5.18. The van der Waals surface area contributed by atoms with Crippen molar-refractivity contribution < 1.29 is 23.5 Å². The average Bonchev–Trinajstić information content (AvgIpc) is 3.86. The van der Waals surface area contributed by atoms with E-state index in [1.54, 1.807) is 30.1 Å². The zero-order valence-corrected chi connectivity index (χ0v) is 26.6. The summed E-state index contributed by atoms with van der Waals surface area (Å²) in [5.74, 6) is 0.416. The summed E-state index contributed by atoms with van der Waals surface area (Å²) in [4.78, 5) is 27.6. The number of nitrogens with zero attached hydrogens (tertiary/aromatic N) is 5. The van der Waals surface area contributed by atoms with Gasteiger partial charge < -0.3 is 14.8 Å². The maximum absolute atomic E-state index is 13.9. The van der Waals surface area contributed by atoms with Crippen molar-refractivity contribution in [1.82, 2.24) is 25.1 Å². The SMILES string of the molecule is COc1cccc(C2CC(c3cccs3)=NN2C(=O)CSc2nnc(CNC(=O)c3cccc(F)c3)n2-c2ccccc2)c1OC. The van der Waals surface area contributed by atoms with Crippen molar-refractivity contribution in [2.75, 3.05) is 20.0 Å². The van der Waals surface area contributed by atoms with Crippen molar-refractivity contribution in [3.8, 4) is 17.2 Å². The first-order valence-corrected chi connectivity index (χ1v) is 16.1. The molecule has 2 amide bonds. The van der Waals surface area contributed by atoms with Gasteiger partial charge in [-0.25, -0.2) is 9.40 Å². The molecule has 2 aromatic heterocycles. The first kappa shape index (κ1) is 31.0. The quantitative estimate of drug-likeness (QED) is 0.177. The number of hydrazone groups is 1. The van der Waals surface area contributed by atoms with Crippen LogP contribution in [0.3, 0.4) is 0 Å². The van der Waals surface area contributed by atoms with Crippen LogP contribution in [-0.4, -0.2) is 57.3 Å². The summed E-state index contributed by atoms with van der Waals surface area (Å²) in [5, 5.41) is 20.2. The number of carbonyl (C=O) groups excluding carboxylic acids is 2. The maximum atomic E-state index is 13.9. The number of carbonyl (C=O) groups is 2. The second-order valence-electron chi connectivity index (χ2n) is 10.1. The lowest BCUT2D eigenvalue weighted by Crippen LogP contribution is -2.29. The van der Waals surface area contributed by atoms with Crippen LogP contribution in [0.2, 0.25) is 0 Å². The van der Waals surface area contributed by atoms with Crippen LogP contribution in [0.5, 0.6) is 11.5 Å². The third-order valence-electron chi connectivity index (χ3n) is 7.30. The van der Waals surface area contributed by atoms with E-state index in [1.807, 2.05) is 66.0 Å². The molecule has 10 nitrogen and oxygen atoms in total. The van der Waals surface area contributed by atoms with Gasteiger partial charge in [-0.05, 0) is 47.8 Å². The predicted octanol–water partition coefficient (Wildman–Crippen LogP) is 5.89. The minimum atomic E-state index is -0.500. The third kappa shape index (κ3) is 6.51. The van der Waals surface area contributed by atoms with Gasteiger partial charge in [-0.2, -0.15) is 5.10 Å². The van der Waals surface area contributed by atoms with E-state index >= 15 is 0 Å². The van der Waals surface area contributed by atoms with Crippen LogP contribution in [0.15, 0.2) is 101 Å². The van der Waals surface area contributed by atoms with Gasteiger partial charge in [-0.1, -0.05) is 54.2 Å². The molecular formula is C33H29FN6O4S2. The molecule has 0 aliphatic carbocycles. The number of benzene rings is 3. The molecule has 0 fully saturated rings. The minimum absolute atomic E-state index is 0.0185. The average molecular weight is 657 g/mol. The molecule has 0 spiro atoms. The zero-order chi connectivity index (χ0) is 32.0. The summed E-state index contributed by atoms with van der Waals surface area (Å²) in [5.41, 5.74) is 2.56. The van der Waals surface area contributed by atoms with E-state index in [0.29, 0.717) is 28.9 Å². The van der Waals surface area contributed by atoms with Crippen molar-refractivity contribution in [2.24, 2.45) is 5.10 Å². The molecule has 1 atom stereocenters. The Labute approximate surface area is 272 Å². The zero-order valence-electron chi connectivity index (χ0n) is 24.9. The Hall–Kier alpha value is -5.01. The van der Waals surface area contributed by atoms with Crippen LogP contribution >= 0.6 is 23.1 Å². The topological polar surface area (TPSA) is 111 Å². The van der Waals surface area contributed by atoms with Gasteiger partial charge >= 0.3 is 0 Å². The molecule has 13 heteroatoms. The summed E-state index contributed by atoms with van der Waals surface area (Å²) < 4.78 is 26.7. The largest absolute Gasteiger partial charge is 0.493 e. The van der Waals surface area contributed by atoms with E-state index in [2.05, 4.69) is 15.5 Å². The summed E-state index contributed by atoms with van der Waals surface area (Å²) in [6.45, 7) is 0.0318. The first-order valence-electron chi connectivity index (χ1n) is 14.3. The lowest BCUT2D eigenvalue weighted by Gasteiger charge is -2.24. The standard InChI is InChI=1S/C33H29FN6O4S2/c1-43-27-14-7-13-24(31(27)44-2)26-18-25(28-15-8-16-45-28)38-40(26)30(41)20-46-33-37-36-29(39(33)23-11-4-3-5-12-23)19-35-32(42)21-9-6-10-22(34)17-21/h3-17,26H,18-20H2,1-2H3,(H,35,42). The normalized spacial score (nSPS) is 14.2. The highest BCUT2D eigenvalue weighted by Gasteiger charge is 2.36. The number of hydrogen-bond acceptors (Lipinski definition) is 9. The fraction of sp³-hybridized carbons (Fsp3) is 0.182. The van der Waals surface area contributed by atoms with Gasteiger partial charge in [0.15, 0.2) is 22.5 Å². The van der Waals surface area contributed by atoms with Gasteiger partial charge in [0.2, 0.25) is 0 Å². The number of halogens is 1. The van der Waals surface area contributed by atoms with Crippen LogP contribution < -0.4 is 14.8 Å². The van der Waals surface area contributed by atoms with Crippen molar-refractivity contribution in [3.63, 3.8) is 0 Å². The number of aromatic nitrogens is 3. The van der Waals surface area contributed by atoms with Crippen LogP contribution in [0.4, 0.5) is 4.39 Å². The van der Waals surface area contributed by atoms with Crippen molar-refractivity contribution in [3.05, 3.63) is 118 Å². The lowest BCUT2D eigenvalue weighted by atomic mass is 9.99. The number of hydrogen-bond donors (Lipinski definition) is 1. The highest BCUT2D eigenvalue weighted by atomic mass is 32.2. The Morgan fingerprint density at radius 1 is 1.00 bits per heavy atom. The van der Waals surface area contributed by atoms with E-state index < -0.39 is 17.8 Å². The Morgan fingerprint density at radius 2 is 1.83 bits per heavy atom. The molecule has 1 unspecified atom stereocenters. The Morgan fingerprint density at radius 3 is 2.57 bits per heavy atom. The van der Waals surface area contributed by atoms with E-state index in [9.17, 15) is 14.0 Å². The minimum Gasteiger partial charge on any atom is -0.493 e. The number of methoxy groups -OCH3 is 2. The van der Waals surface area contributed by atoms with Gasteiger partial charge in [-0.3, -0.25) is 14.2 Å². The summed E-state index contributed by atoms with van der Waals surface area (Å²) in [6, 6.07) is 24.0. The maximum Gasteiger partial charge on any atom is 0.253 e. The molecular weight excluding hydrogens is 628 g/mol. The van der Waals surface area contributed by atoms with Gasteiger partial charge in [0.05, 0.1) is 43.1 Å². The molecule has 0 saturated carbocycles. The van der Waals surface area contributed by atoms with E-state index in [1.165, 1.54) is 41.0 Å². The highest BCUT2D eigenvalue weighted by molar-refractivity contribution is 7.99. The van der Waals surface area contributed by atoms with Gasteiger partial charge in [0.25, 0.3) is 11.8 Å². The molecule has 0 saturated heterocycles. The van der Waals surface area contributed by atoms with Gasteiger partial charge in [0.1, 0.15) is 5.82 Å². The van der Waals surface area contributed by atoms with E-state index in [0.717, 1.165) is 21.8 Å². The monoisotopic (exact) mass is 656 g/mol. The highest BCUT2D eigenvalue weighted by Crippen LogP contribution is 2.42. The number of ether oxygens (including phenoxy) is 2. The van der Waals surface area contributed by atoms with Crippen LogP contribution in [0.25, 0.3) is 5.69 Å². The molecule has 5 aromatic rings. The lowest BCUT2D eigenvalue weighted by molar-refractivity contribution is -0.130. The summed E-state index contributed by atoms with van der Waals surface area (Å²) >= 11 is 2.78. The van der Waals surface area contributed by atoms with Crippen molar-refractivity contribution in [2.45, 2.75) is 24.2 Å². The Kier molecular flexibility index (Phi) is 9.41. The molecule has 46 heavy (non-hydrogen) atoms. The second kappa shape index (κ2) is 14.0. The number of amides is 2. The molecule has 0 radical (unpaired) electrons. The van der Waals surface area contributed by atoms with E-state index in [-0.39, 0.29) is 23.8 Å². The molecule has 0 bridgehead atoms. The number of rotatable bonds is 11. The van der Waals surface area contributed by atoms with E-state index in [4.69, 9.17) is 14.6 Å². The molecule has 234 valence electrons. The Bertz CT molecular complexity index is 1880. The first-order chi connectivity index (χ1) is 22.5. The molecule has 1 aliphatic heterocycles. The van der Waals surface area contributed by atoms with Crippen LogP contribution in [0, 0.1) is 5.82 Å². The fourth-order valence-corrected chi connectivity index (χ4v) is 6.72. The molecule has 1 aliphatic rings. The number of thioether (sulfide) groups is 1. The Balaban J connectivity index is 1.25. The third-order valence-corrected chi connectivity index (χ3v) is 9.13. The summed E-state index contributed by atoms with van der Waals surface area (Å²) in [6.07, 6.45) is 0.510. The molecule has 3 aromatic carbocycles. The second-order valence-corrected chi connectivity index (χ2v) is 12.0. The van der Waals surface area contributed by atoms with Gasteiger partial charge in [0, 0.05) is 23.2 Å². The van der Waals surface area contributed by atoms with Crippen LogP contribution in [-0.2, 0) is 11.3 Å². The van der Waals surface area contributed by atoms with Crippen molar-refractivity contribution in [1.29, 1.82) is 0 Å². The smallest absolute Gasteiger partial charge is 0.253 e. The number of nitrogens with one attached hydrogen (secondary N) is 1. The van der Waals surface area contributed by atoms with Crippen molar-refractivity contribution >= 4 is 40.6 Å². The number of para-hydroxylation sites is 2. The molecule has 6 rings (SSSR count). The summed E-state index contributed by atoms with van der Waals surface area (Å²) in [7, 11) is 3.15. The number of thiophene rings is 1. The van der Waals surface area contributed by atoms with Crippen LogP contribution in [0.1, 0.15) is 39.1 Å². The predicted molar refractivity (Wildman–Crippen MR) is 174 cm³/mol.